The maximum absolute atomic E-state index is 12.2. The van der Waals surface area contributed by atoms with Crippen LogP contribution in [-0.2, 0) is 4.79 Å². The van der Waals surface area contributed by atoms with E-state index >= 15 is 0 Å². The molecule has 0 unspecified atom stereocenters. The Morgan fingerprint density at radius 2 is 1.31 bits per heavy atom. The first kappa shape index (κ1) is 17.1. The van der Waals surface area contributed by atoms with Crippen LogP contribution >= 0.6 is 0 Å². The van der Waals surface area contributed by atoms with Crippen molar-refractivity contribution in [3.8, 4) is 0 Å². The third-order valence-corrected chi connectivity index (χ3v) is 3.97. The molecule has 2 atom stereocenters. The molecule has 1 aliphatic carbocycles. The van der Waals surface area contributed by atoms with Crippen LogP contribution in [0.15, 0.2) is 60.7 Å². The van der Waals surface area contributed by atoms with Crippen molar-refractivity contribution in [1.29, 1.82) is 0 Å². The Bertz CT molecular complexity index is 912. The van der Waals surface area contributed by atoms with Crippen molar-refractivity contribution in [3.63, 3.8) is 0 Å². The summed E-state index contributed by atoms with van der Waals surface area (Å²) in [6.45, 7) is 0. The summed E-state index contributed by atoms with van der Waals surface area (Å²) in [6.07, 6.45) is 2.92. The number of hydrogen-bond acceptors (Lipinski definition) is 7. The van der Waals surface area contributed by atoms with Crippen molar-refractivity contribution in [2.24, 2.45) is 0 Å². The summed E-state index contributed by atoms with van der Waals surface area (Å²) >= 11 is 0. The van der Waals surface area contributed by atoms with Gasteiger partial charge in [-0.3, -0.25) is 25.0 Å². The van der Waals surface area contributed by atoms with Gasteiger partial charge in [-0.15, -0.1) is 0 Å². The van der Waals surface area contributed by atoms with Crippen molar-refractivity contribution in [1.82, 2.24) is 0 Å². The van der Waals surface area contributed by atoms with Gasteiger partial charge >= 0.3 is 0 Å². The minimum atomic E-state index is -0.823. The molecule has 0 saturated heterocycles. The summed E-state index contributed by atoms with van der Waals surface area (Å²) in [5.41, 5.74) is 0.187. The van der Waals surface area contributed by atoms with Crippen LogP contribution in [-0.4, -0.2) is 27.7 Å². The van der Waals surface area contributed by atoms with Gasteiger partial charge in [0.25, 0.3) is 11.4 Å². The number of nitrogens with one attached hydrogen (secondary N) is 2. The molecule has 9 nitrogen and oxygen atoms in total. The lowest BCUT2D eigenvalue weighted by atomic mass is 10.1. The lowest BCUT2D eigenvalue weighted by Crippen LogP contribution is -2.39. The topological polar surface area (TPSA) is 127 Å². The molecule has 0 bridgehead atoms. The second-order valence-corrected chi connectivity index (χ2v) is 5.60. The Morgan fingerprint density at radius 3 is 1.85 bits per heavy atom. The molecule has 0 amide bonds. The van der Waals surface area contributed by atoms with Crippen LogP contribution < -0.4 is 10.6 Å². The molecule has 0 saturated carbocycles. The maximum Gasteiger partial charge on any atom is 0.292 e. The predicted octanol–water partition coefficient (Wildman–Crippen LogP) is 2.90. The number of nitro benzene ring substituents is 2. The Hall–Kier alpha value is -3.75. The first-order valence-corrected chi connectivity index (χ1v) is 7.69. The number of carbonyl (C=O) groups is 1. The van der Waals surface area contributed by atoms with Crippen molar-refractivity contribution in [2.45, 2.75) is 12.1 Å². The Kier molecular flexibility index (Phi) is 4.61. The van der Waals surface area contributed by atoms with E-state index in [0.717, 1.165) is 0 Å². The third-order valence-electron chi connectivity index (χ3n) is 3.97. The van der Waals surface area contributed by atoms with Crippen molar-refractivity contribution in [2.75, 3.05) is 10.6 Å². The molecule has 0 aliphatic heterocycles. The molecule has 2 N–H and O–H groups in total. The Morgan fingerprint density at radius 1 is 0.808 bits per heavy atom. The van der Waals surface area contributed by atoms with Crippen molar-refractivity contribution >= 4 is 28.5 Å². The summed E-state index contributed by atoms with van der Waals surface area (Å²) < 4.78 is 0. The maximum atomic E-state index is 12.2. The fraction of sp³-hybridized carbons (Fsp3) is 0.118. The Balaban J connectivity index is 1.86. The van der Waals surface area contributed by atoms with E-state index in [1.165, 1.54) is 36.4 Å². The summed E-state index contributed by atoms with van der Waals surface area (Å²) in [6, 6.07) is 10.6. The second kappa shape index (κ2) is 7.01. The lowest BCUT2D eigenvalue weighted by molar-refractivity contribution is -0.384. The highest BCUT2D eigenvalue weighted by molar-refractivity contribution is 6.00. The number of nitro groups is 2. The molecule has 0 spiro atoms. The minimum absolute atomic E-state index is 0.121. The monoisotopic (exact) mass is 354 g/mol. The van der Waals surface area contributed by atoms with Crippen LogP contribution in [0.25, 0.3) is 0 Å². The van der Waals surface area contributed by atoms with Gasteiger partial charge in [-0.1, -0.05) is 30.3 Å². The van der Waals surface area contributed by atoms with Gasteiger partial charge in [0.15, 0.2) is 5.78 Å². The summed E-state index contributed by atoms with van der Waals surface area (Å²) in [5.74, 6) is -0.278. The van der Waals surface area contributed by atoms with Crippen LogP contribution in [0.4, 0.5) is 22.7 Å². The van der Waals surface area contributed by atoms with E-state index in [1.54, 1.807) is 24.3 Å². The van der Waals surface area contributed by atoms with Gasteiger partial charge in [0.05, 0.1) is 15.9 Å². The number of rotatable bonds is 6. The SMILES string of the molecule is O=C1C=C[C@@H](Nc2ccccc2[N+](=O)[O-])[C@H]1Nc1ccccc1[N+](=O)[O-]. The predicted molar refractivity (Wildman–Crippen MR) is 95.2 cm³/mol. The smallest absolute Gasteiger partial charge is 0.292 e. The van der Waals surface area contributed by atoms with E-state index < -0.39 is 21.9 Å². The van der Waals surface area contributed by atoms with Crippen LogP contribution in [0, 0.1) is 20.2 Å². The molecule has 2 aromatic rings. The van der Waals surface area contributed by atoms with Gasteiger partial charge in [0.1, 0.15) is 17.4 Å². The third kappa shape index (κ3) is 3.36. The fourth-order valence-corrected chi connectivity index (χ4v) is 2.74. The zero-order valence-electron chi connectivity index (χ0n) is 13.4. The quantitative estimate of drug-likeness (QED) is 0.603. The van der Waals surface area contributed by atoms with E-state index in [4.69, 9.17) is 0 Å². The van der Waals surface area contributed by atoms with Crippen LogP contribution in [0.3, 0.4) is 0 Å². The zero-order valence-corrected chi connectivity index (χ0v) is 13.4. The molecule has 0 radical (unpaired) electrons. The van der Waals surface area contributed by atoms with E-state index in [2.05, 4.69) is 10.6 Å². The first-order chi connectivity index (χ1) is 12.5. The molecular weight excluding hydrogens is 340 g/mol. The van der Waals surface area contributed by atoms with Crippen LogP contribution in [0.1, 0.15) is 0 Å². The minimum Gasteiger partial charge on any atom is -0.371 e. The number of benzene rings is 2. The number of hydrogen-bond donors (Lipinski definition) is 2. The van der Waals surface area contributed by atoms with E-state index in [-0.39, 0.29) is 28.5 Å². The number of carbonyl (C=O) groups excluding carboxylic acids is 1. The molecule has 9 heteroatoms. The molecule has 0 heterocycles. The largest absolute Gasteiger partial charge is 0.371 e. The normalized spacial score (nSPS) is 18.5. The molecular formula is C17H14N4O5. The van der Waals surface area contributed by atoms with Crippen molar-refractivity contribution < 1.29 is 14.6 Å². The number of anilines is 2. The number of nitrogens with zero attached hydrogens (tertiary/aromatic N) is 2. The van der Waals surface area contributed by atoms with Gasteiger partial charge in [-0.05, 0) is 18.2 Å². The number of para-hydroxylation sites is 4. The highest BCUT2D eigenvalue weighted by Gasteiger charge is 2.32. The zero-order chi connectivity index (χ0) is 18.7. The standard InChI is InChI=1S/C17H14N4O5/c22-16-10-9-13(18-11-5-1-3-7-14(11)20(23)24)17(16)19-12-6-2-4-8-15(12)21(25)26/h1-10,13,17-19H/t13-,17-/m1/s1. The first-order valence-electron chi connectivity index (χ1n) is 7.69. The second-order valence-electron chi connectivity index (χ2n) is 5.60. The molecule has 0 aromatic heterocycles. The molecule has 132 valence electrons. The highest BCUT2D eigenvalue weighted by atomic mass is 16.6. The summed E-state index contributed by atoms with van der Waals surface area (Å²) in [7, 11) is 0. The lowest BCUT2D eigenvalue weighted by Gasteiger charge is -2.22. The highest BCUT2D eigenvalue weighted by Crippen LogP contribution is 2.29. The van der Waals surface area contributed by atoms with E-state index in [1.807, 2.05) is 0 Å². The molecule has 26 heavy (non-hydrogen) atoms. The van der Waals surface area contributed by atoms with Gasteiger partial charge in [-0.2, -0.15) is 0 Å². The van der Waals surface area contributed by atoms with Crippen molar-refractivity contribution in [3.05, 3.63) is 80.9 Å². The van der Waals surface area contributed by atoms with E-state index in [0.29, 0.717) is 0 Å². The number of ketones is 1. The fourth-order valence-electron chi connectivity index (χ4n) is 2.74. The molecule has 0 fully saturated rings. The molecule has 1 aliphatic rings. The Labute approximate surface area is 147 Å². The van der Waals surface area contributed by atoms with Crippen LogP contribution in [0.5, 0.6) is 0 Å². The average Bonchev–Trinajstić information content (AvgIpc) is 2.95. The average molecular weight is 354 g/mol. The van der Waals surface area contributed by atoms with Crippen LogP contribution in [0.2, 0.25) is 0 Å². The summed E-state index contributed by atoms with van der Waals surface area (Å²) in [4.78, 5) is 33.4. The van der Waals surface area contributed by atoms with Gasteiger partial charge in [0.2, 0.25) is 0 Å². The van der Waals surface area contributed by atoms with E-state index in [9.17, 15) is 25.0 Å². The molecule has 3 rings (SSSR count). The summed E-state index contributed by atoms with van der Waals surface area (Å²) in [5, 5.41) is 28.1. The van der Waals surface area contributed by atoms with Gasteiger partial charge in [0, 0.05) is 12.1 Å². The van der Waals surface area contributed by atoms with Gasteiger partial charge in [-0.25, -0.2) is 0 Å². The molecule has 2 aromatic carbocycles. The van der Waals surface area contributed by atoms with Gasteiger partial charge < -0.3 is 10.6 Å².